The Labute approximate surface area is 130 Å². The molecule has 0 radical (unpaired) electrons. The van der Waals surface area contributed by atoms with E-state index < -0.39 is 10.1 Å². The molecule has 0 fully saturated rings. The smallest absolute Gasteiger partial charge is 0.294 e. The Kier molecular flexibility index (Phi) is 10.8. The van der Waals surface area contributed by atoms with E-state index >= 15 is 0 Å². The monoisotopic (exact) mass is 330 g/mol. The minimum absolute atomic E-state index is 0.0648. The van der Waals surface area contributed by atoms with Crippen molar-refractivity contribution in [3.05, 3.63) is 53.2 Å². The average molecular weight is 330 g/mol. The summed E-state index contributed by atoms with van der Waals surface area (Å²) in [6.45, 7) is 3.96. The fourth-order valence-corrected chi connectivity index (χ4v) is 2.06. The summed E-state index contributed by atoms with van der Waals surface area (Å²) in [5.41, 5.74) is 0. The first-order chi connectivity index (χ1) is 9.91. The van der Waals surface area contributed by atoms with Gasteiger partial charge in [0.15, 0.2) is 0 Å². The summed E-state index contributed by atoms with van der Waals surface area (Å²) in [7, 11) is -4.00. The summed E-state index contributed by atoms with van der Waals surface area (Å²) >= 11 is 1.71. The van der Waals surface area contributed by atoms with Crippen molar-refractivity contribution in [2.24, 2.45) is 0 Å². The first-order valence-electron chi connectivity index (χ1n) is 6.59. The number of aliphatic hydroxyl groups is 1. The van der Waals surface area contributed by atoms with Crippen molar-refractivity contribution in [1.29, 1.82) is 0 Å². The van der Waals surface area contributed by atoms with Crippen LogP contribution in [0.2, 0.25) is 0 Å². The van der Waals surface area contributed by atoms with Crippen LogP contribution in [0.3, 0.4) is 0 Å². The van der Waals surface area contributed by atoms with Gasteiger partial charge in [-0.05, 0) is 35.7 Å². The van der Waals surface area contributed by atoms with Crippen LogP contribution in [0.1, 0.15) is 26.7 Å². The first-order valence-corrected chi connectivity index (χ1v) is 8.97. The van der Waals surface area contributed by atoms with E-state index in [1.54, 1.807) is 29.5 Å². The molecule has 21 heavy (non-hydrogen) atoms. The Balaban J connectivity index is 0.000000311. The Morgan fingerprint density at radius 3 is 1.67 bits per heavy atom. The van der Waals surface area contributed by atoms with E-state index in [0.717, 1.165) is 12.8 Å². The van der Waals surface area contributed by atoms with Crippen LogP contribution in [0.15, 0.2) is 58.1 Å². The highest BCUT2D eigenvalue weighted by molar-refractivity contribution is 7.85. The Hall–Kier alpha value is -1.21. The van der Waals surface area contributed by atoms with Gasteiger partial charge in [0.1, 0.15) is 0 Å². The molecule has 1 heterocycles. The number of thiophene rings is 1. The van der Waals surface area contributed by atoms with Crippen LogP contribution >= 0.6 is 11.3 Å². The summed E-state index contributed by atoms with van der Waals surface area (Å²) in [4.78, 5) is -0.0741. The average Bonchev–Trinajstić information content (AvgIpc) is 3.06. The molecule has 6 heteroatoms. The van der Waals surface area contributed by atoms with Crippen LogP contribution in [-0.4, -0.2) is 24.2 Å². The van der Waals surface area contributed by atoms with Crippen LogP contribution in [0.4, 0.5) is 0 Å². The fraction of sp³-hybridized carbons (Fsp3) is 0.333. The largest absolute Gasteiger partial charge is 0.393 e. The molecule has 4 nitrogen and oxygen atoms in total. The van der Waals surface area contributed by atoms with Crippen LogP contribution in [0, 0.1) is 0 Å². The summed E-state index contributed by atoms with van der Waals surface area (Å²) < 4.78 is 29.2. The maximum Gasteiger partial charge on any atom is 0.294 e. The molecule has 118 valence electrons. The highest BCUT2D eigenvalue weighted by Crippen LogP contribution is 2.05. The van der Waals surface area contributed by atoms with Gasteiger partial charge in [0, 0.05) is 0 Å². The van der Waals surface area contributed by atoms with Crippen molar-refractivity contribution in [2.75, 3.05) is 0 Å². The molecule has 1 aromatic heterocycles. The first kappa shape index (κ1) is 19.8. The lowest BCUT2D eigenvalue weighted by molar-refractivity contribution is 0.166. The van der Waals surface area contributed by atoms with Gasteiger partial charge in [0.05, 0.1) is 11.0 Å². The SMILES string of the molecule is CCC(O)CC.O=S(=O)(O)c1ccccc1.c1ccsc1. The lowest BCUT2D eigenvalue weighted by Gasteiger charge is -1.98. The highest BCUT2D eigenvalue weighted by atomic mass is 32.2. The lowest BCUT2D eigenvalue weighted by Crippen LogP contribution is -1.99. The van der Waals surface area contributed by atoms with E-state index in [9.17, 15) is 8.42 Å². The molecule has 2 aromatic rings. The molecular formula is C15H22O4S2. The maximum atomic E-state index is 10.4. The minimum atomic E-state index is -4.00. The summed E-state index contributed by atoms with van der Waals surface area (Å²) in [5.74, 6) is 0. The molecule has 0 unspecified atom stereocenters. The zero-order valence-electron chi connectivity index (χ0n) is 12.2. The number of rotatable bonds is 3. The molecule has 0 amide bonds. The second-order valence-electron chi connectivity index (χ2n) is 4.05. The third kappa shape index (κ3) is 11.2. The van der Waals surface area contributed by atoms with E-state index in [-0.39, 0.29) is 11.0 Å². The quantitative estimate of drug-likeness (QED) is 0.838. The van der Waals surface area contributed by atoms with Crippen LogP contribution in [0.5, 0.6) is 0 Å². The van der Waals surface area contributed by atoms with E-state index in [2.05, 4.69) is 0 Å². The van der Waals surface area contributed by atoms with Gasteiger partial charge in [-0.25, -0.2) is 0 Å². The van der Waals surface area contributed by atoms with E-state index in [0.29, 0.717) is 0 Å². The standard InChI is InChI=1S/C6H6O3S.C5H12O.C4H4S/c7-10(8,9)6-4-2-1-3-5-6;1-3-5(6)4-2;1-2-4-5-3-1/h1-5H,(H,7,8,9);5-6H,3-4H2,1-2H3;1-4H. The second-order valence-corrected chi connectivity index (χ2v) is 6.29. The summed E-state index contributed by atoms with van der Waals surface area (Å²) in [5, 5.41) is 12.8. The van der Waals surface area contributed by atoms with E-state index in [1.807, 2.05) is 36.7 Å². The van der Waals surface area contributed by atoms with Crippen LogP contribution in [-0.2, 0) is 10.1 Å². The molecule has 0 saturated heterocycles. The Morgan fingerprint density at radius 1 is 1.00 bits per heavy atom. The summed E-state index contributed by atoms with van der Waals surface area (Å²) in [6.07, 6.45) is 1.71. The molecule has 0 aliphatic heterocycles. The third-order valence-corrected chi connectivity index (χ3v) is 3.91. The van der Waals surface area contributed by atoms with Gasteiger partial charge in [0.25, 0.3) is 10.1 Å². The van der Waals surface area contributed by atoms with Gasteiger partial charge in [-0.3, -0.25) is 4.55 Å². The van der Waals surface area contributed by atoms with Gasteiger partial charge < -0.3 is 5.11 Å². The van der Waals surface area contributed by atoms with Crippen LogP contribution < -0.4 is 0 Å². The lowest BCUT2D eigenvalue weighted by atomic mass is 10.2. The van der Waals surface area contributed by atoms with Crippen molar-refractivity contribution in [1.82, 2.24) is 0 Å². The van der Waals surface area contributed by atoms with E-state index in [1.165, 1.54) is 12.1 Å². The predicted octanol–water partition coefficient (Wildman–Crippen LogP) is 3.85. The second kappa shape index (κ2) is 11.4. The predicted molar refractivity (Wildman–Crippen MR) is 87.2 cm³/mol. The number of benzene rings is 1. The van der Waals surface area contributed by atoms with Gasteiger partial charge in [-0.1, -0.05) is 44.2 Å². The van der Waals surface area contributed by atoms with Gasteiger partial charge in [0.2, 0.25) is 0 Å². The van der Waals surface area contributed by atoms with Crippen molar-refractivity contribution in [2.45, 2.75) is 37.7 Å². The molecule has 0 bridgehead atoms. The van der Waals surface area contributed by atoms with Gasteiger partial charge in [-0.2, -0.15) is 19.8 Å². The molecule has 2 rings (SSSR count). The zero-order chi connectivity index (χ0) is 16.1. The normalized spacial score (nSPS) is 10.1. The molecule has 0 aliphatic rings. The molecule has 0 atom stereocenters. The number of hydrogen-bond acceptors (Lipinski definition) is 4. The molecule has 0 aliphatic carbocycles. The minimum Gasteiger partial charge on any atom is -0.393 e. The Morgan fingerprint density at radius 2 is 1.48 bits per heavy atom. The third-order valence-electron chi connectivity index (χ3n) is 2.41. The molecule has 0 spiro atoms. The van der Waals surface area contributed by atoms with Crippen molar-refractivity contribution in [3.63, 3.8) is 0 Å². The molecule has 2 N–H and O–H groups in total. The van der Waals surface area contributed by atoms with E-state index in [4.69, 9.17) is 9.66 Å². The highest BCUT2D eigenvalue weighted by Gasteiger charge is 2.05. The number of hydrogen-bond donors (Lipinski definition) is 2. The van der Waals surface area contributed by atoms with Crippen molar-refractivity contribution < 1.29 is 18.1 Å². The summed E-state index contributed by atoms with van der Waals surface area (Å²) in [6, 6.07) is 11.5. The van der Waals surface area contributed by atoms with Crippen molar-refractivity contribution in [3.8, 4) is 0 Å². The van der Waals surface area contributed by atoms with Gasteiger partial charge >= 0.3 is 0 Å². The molecule has 0 saturated carbocycles. The zero-order valence-corrected chi connectivity index (χ0v) is 13.8. The van der Waals surface area contributed by atoms with Crippen molar-refractivity contribution >= 4 is 21.5 Å². The van der Waals surface area contributed by atoms with Crippen LogP contribution in [0.25, 0.3) is 0 Å². The number of aliphatic hydroxyl groups excluding tert-OH is 1. The fourth-order valence-electron chi connectivity index (χ4n) is 1.11. The van der Waals surface area contributed by atoms with Gasteiger partial charge in [-0.15, -0.1) is 0 Å². The molecular weight excluding hydrogens is 308 g/mol. The molecule has 1 aromatic carbocycles. The Bertz CT molecular complexity index is 515. The topological polar surface area (TPSA) is 74.6 Å². The maximum absolute atomic E-state index is 10.4.